The lowest BCUT2D eigenvalue weighted by Crippen LogP contribution is -2.30. The predicted molar refractivity (Wildman–Crippen MR) is 52.4 cm³/mol. The van der Waals surface area contributed by atoms with Gasteiger partial charge in [0.2, 0.25) is 0 Å². The SMILES string of the molecule is C=CCC1(C(=O)O)C=CCC=C1C. The van der Waals surface area contributed by atoms with E-state index in [0.29, 0.717) is 6.42 Å². The summed E-state index contributed by atoms with van der Waals surface area (Å²) in [6, 6.07) is 0. The molecule has 70 valence electrons. The highest BCUT2D eigenvalue weighted by Crippen LogP contribution is 2.36. The minimum Gasteiger partial charge on any atom is -0.480 e. The van der Waals surface area contributed by atoms with Gasteiger partial charge in [0.25, 0.3) is 0 Å². The van der Waals surface area contributed by atoms with E-state index in [2.05, 4.69) is 6.58 Å². The Kier molecular flexibility index (Phi) is 2.71. The van der Waals surface area contributed by atoms with Gasteiger partial charge >= 0.3 is 5.97 Å². The average molecular weight is 178 g/mol. The summed E-state index contributed by atoms with van der Waals surface area (Å²) in [6.45, 7) is 5.45. The van der Waals surface area contributed by atoms with Gasteiger partial charge in [0.05, 0.1) is 0 Å². The summed E-state index contributed by atoms with van der Waals surface area (Å²) in [5.74, 6) is -0.794. The van der Waals surface area contributed by atoms with Crippen molar-refractivity contribution in [1.82, 2.24) is 0 Å². The summed E-state index contributed by atoms with van der Waals surface area (Å²) < 4.78 is 0. The third-order valence-corrected chi connectivity index (χ3v) is 2.51. The Bertz CT molecular complexity index is 286. The lowest BCUT2D eigenvalue weighted by Gasteiger charge is -2.28. The third-order valence-electron chi connectivity index (χ3n) is 2.51. The summed E-state index contributed by atoms with van der Waals surface area (Å²) in [5, 5.41) is 9.15. The molecule has 0 bridgehead atoms. The molecule has 1 unspecified atom stereocenters. The monoisotopic (exact) mass is 178 g/mol. The number of rotatable bonds is 3. The van der Waals surface area contributed by atoms with Crippen molar-refractivity contribution in [2.45, 2.75) is 19.8 Å². The molecule has 1 aliphatic carbocycles. The van der Waals surface area contributed by atoms with Gasteiger partial charge in [-0.25, -0.2) is 0 Å². The molecular weight excluding hydrogens is 164 g/mol. The Morgan fingerprint density at radius 1 is 1.85 bits per heavy atom. The summed E-state index contributed by atoms with van der Waals surface area (Å²) >= 11 is 0. The highest BCUT2D eigenvalue weighted by molar-refractivity contribution is 5.81. The first-order chi connectivity index (χ1) is 6.13. The Balaban J connectivity index is 3.07. The van der Waals surface area contributed by atoms with E-state index in [-0.39, 0.29) is 0 Å². The standard InChI is InChI=1S/C11H14O2/c1-3-7-11(10(12)13)8-5-4-6-9(11)2/h3,5-6,8H,1,4,7H2,2H3,(H,12,13). The molecule has 13 heavy (non-hydrogen) atoms. The number of hydrogen-bond acceptors (Lipinski definition) is 1. The van der Waals surface area contributed by atoms with Gasteiger partial charge in [-0.3, -0.25) is 4.79 Å². The Morgan fingerprint density at radius 2 is 2.54 bits per heavy atom. The first kappa shape index (κ1) is 9.78. The van der Waals surface area contributed by atoms with E-state index in [1.807, 2.05) is 19.1 Å². The van der Waals surface area contributed by atoms with Gasteiger partial charge in [0, 0.05) is 0 Å². The molecule has 2 nitrogen and oxygen atoms in total. The number of carboxylic acid groups (broad SMARTS) is 1. The first-order valence-corrected chi connectivity index (χ1v) is 4.32. The molecule has 0 spiro atoms. The number of allylic oxidation sites excluding steroid dienone is 3. The van der Waals surface area contributed by atoms with Crippen LogP contribution in [0.2, 0.25) is 0 Å². The van der Waals surface area contributed by atoms with Crippen LogP contribution in [-0.2, 0) is 4.79 Å². The zero-order valence-electron chi connectivity index (χ0n) is 7.79. The zero-order valence-corrected chi connectivity index (χ0v) is 7.79. The molecule has 0 fully saturated rings. The van der Waals surface area contributed by atoms with Crippen LogP contribution in [0.25, 0.3) is 0 Å². The summed E-state index contributed by atoms with van der Waals surface area (Å²) in [5.41, 5.74) is 0.0717. The first-order valence-electron chi connectivity index (χ1n) is 4.32. The Morgan fingerprint density at radius 3 is 3.00 bits per heavy atom. The Labute approximate surface area is 78.3 Å². The average Bonchev–Trinajstić information content (AvgIpc) is 2.09. The maximum absolute atomic E-state index is 11.1. The number of carboxylic acids is 1. The van der Waals surface area contributed by atoms with E-state index in [0.717, 1.165) is 12.0 Å². The van der Waals surface area contributed by atoms with Crippen molar-refractivity contribution in [2.75, 3.05) is 0 Å². The molecule has 1 N–H and O–H groups in total. The highest BCUT2D eigenvalue weighted by atomic mass is 16.4. The molecule has 0 aromatic rings. The smallest absolute Gasteiger partial charge is 0.317 e. The van der Waals surface area contributed by atoms with Crippen molar-refractivity contribution in [3.05, 3.63) is 36.5 Å². The van der Waals surface area contributed by atoms with Gasteiger partial charge in [-0.15, -0.1) is 6.58 Å². The maximum atomic E-state index is 11.1. The normalized spacial score (nSPS) is 26.7. The molecule has 0 amide bonds. The molecule has 0 radical (unpaired) electrons. The van der Waals surface area contributed by atoms with Crippen molar-refractivity contribution in [3.63, 3.8) is 0 Å². The van der Waals surface area contributed by atoms with E-state index in [9.17, 15) is 4.79 Å². The highest BCUT2D eigenvalue weighted by Gasteiger charge is 2.37. The van der Waals surface area contributed by atoms with Gasteiger partial charge in [-0.05, 0) is 19.8 Å². The molecule has 0 heterocycles. The number of carbonyl (C=O) groups is 1. The van der Waals surface area contributed by atoms with Crippen LogP contribution in [0.15, 0.2) is 36.5 Å². The predicted octanol–water partition coefficient (Wildman–Crippen LogP) is 2.54. The van der Waals surface area contributed by atoms with E-state index < -0.39 is 11.4 Å². The van der Waals surface area contributed by atoms with E-state index in [1.54, 1.807) is 12.2 Å². The van der Waals surface area contributed by atoms with Gasteiger partial charge in [-0.1, -0.05) is 29.9 Å². The molecule has 0 aromatic heterocycles. The number of hydrogen-bond donors (Lipinski definition) is 1. The van der Waals surface area contributed by atoms with Crippen LogP contribution in [-0.4, -0.2) is 11.1 Å². The number of aliphatic carboxylic acids is 1. The molecule has 1 rings (SSSR count). The van der Waals surface area contributed by atoms with Gasteiger partial charge in [-0.2, -0.15) is 0 Å². The van der Waals surface area contributed by atoms with Crippen LogP contribution in [0.5, 0.6) is 0 Å². The maximum Gasteiger partial charge on any atom is 0.317 e. The topological polar surface area (TPSA) is 37.3 Å². The Hall–Kier alpha value is -1.31. The molecule has 0 aromatic carbocycles. The molecule has 1 atom stereocenters. The summed E-state index contributed by atoms with van der Waals surface area (Å²) in [6.07, 6.45) is 8.56. The van der Waals surface area contributed by atoms with Crippen molar-refractivity contribution in [1.29, 1.82) is 0 Å². The second kappa shape index (κ2) is 3.60. The van der Waals surface area contributed by atoms with E-state index in [4.69, 9.17) is 5.11 Å². The molecule has 1 aliphatic rings. The van der Waals surface area contributed by atoms with Crippen molar-refractivity contribution < 1.29 is 9.90 Å². The van der Waals surface area contributed by atoms with Crippen molar-refractivity contribution >= 4 is 5.97 Å². The molecule has 0 saturated carbocycles. The quantitative estimate of drug-likeness (QED) is 0.674. The van der Waals surface area contributed by atoms with Crippen LogP contribution >= 0.6 is 0 Å². The zero-order chi connectivity index (χ0) is 9.90. The largest absolute Gasteiger partial charge is 0.480 e. The van der Waals surface area contributed by atoms with E-state index in [1.165, 1.54) is 0 Å². The van der Waals surface area contributed by atoms with Crippen LogP contribution in [0, 0.1) is 5.41 Å². The molecular formula is C11H14O2. The molecule has 0 aliphatic heterocycles. The van der Waals surface area contributed by atoms with Crippen LogP contribution in [0.1, 0.15) is 19.8 Å². The minimum atomic E-state index is -0.833. The van der Waals surface area contributed by atoms with Gasteiger partial charge < -0.3 is 5.11 Å². The third kappa shape index (κ3) is 1.57. The van der Waals surface area contributed by atoms with Gasteiger partial charge in [0.15, 0.2) is 0 Å². The molecule has 0 saturated heterocycles. The van der Waals surface area contributed by atoms with E-state index >= 15 is 0 Å². The van der Waals surface area contributed by atoms with Crippen LogP contribution in [0.4, 0.5) is 0 Å². The fourth-order valence-corrected chi connectivity index (χ4v) is 1.61. The second-order valence-corrected chi connectivity index (χ2v) is 3.29. The summed E-state index contributed by atoms with van der Waals surface area (Å²) in [4.78, 5) is 11.1. The molecule has 2 heteroatoms. The van der Waals surface area contributed by atoms with Crippen LogP contribution in [0.3, 0.4) is 0 Å². The minimum absolute atomic E-state index is 0.459. The lowest BCUT2D eigenvalue weighted by atomic mass is 9.75. The summed E-state index contributed by atoms with van der Waals surface area (Å²) in [7, 11) is 0. The fraction of sp³-hybridized carbons (Fsp3) is 0.364. The van der Waals surface area contributed by atoms with Gasteiger partial charge in [0.1, 0.15) is 5.41 Å². The van der Waals surface area contributed by atoms with Crippen molar-refractivity contribution in [2.24, 2.45) is 5.41 Å². The second-order valence-electron chi connectivity index (χ2n) is 3.29. The van der Waals surface area contributed by atoms with Crippen LogP contribution < -0.4 is 0 Å². The van der Waals surface area contributed by atoms with Crippen molar-refractivity contribution in [3.8, 4) is 0 Å². The fourth-order valence-electron chi connectivity index (χ4n) is 1.61. The lowest BCUT2D eigenvalue weighted by molar-refractivity contribution is -0.144.